The molecule has 2 amide bonds. The monoisotopic (exact) mass is 342 g/mol. The van der Waals surface area contributed by atoms with Crippen LogP contribution in [0, 0.1) is 6.92 Å². The molecular weight excluding hydrogens is 324 g/mol. The molecule has 1 aromatic carbocycles. The predicted octanol–water partition coefficient (Wildman–Crippen LogP) is 2.19. The quantitative estimate of drug-likeness (QED) is 0.861. The van der Waals surface area contributed by atoms with Crippen molar-refractivity contribution in [2.75, 3.05) is 32.1 Å². The molecule has 0 aliphatic carbocycles. The predicted molar refractivity (Wildman–Crippen MR) is 81.6 cm³/mol. The lowest BCUT2D eigenvalue weighted by molar-refractivity contribution is -0.137. The number of amides is 2. The Hall–Kier alpha value is -1.40. The SMILES string of the molecule is CCOCC(=O)N(C)CC(=O)Nc1ccc(Br)cc1C. The van der Waals surface area contributed by atoms with Crippen LogP contribution < -0.4 is 5.32 Å². The van der Waals surface area contributed by atoms with Crippen molar-refractivity contribution in [3.05, 3.63) is 28.2 Å². The highest BCUT2D eigenvalue weighted by Gasteiger charge is 2.13. The molecule has 0 aliphatic rings. The van der Waals surface area contributed by atoms with E-state index in [9.17, 15) is 9.59 Å². The normalized spacial score (nSPS) is 10.2. The number of likely N-dealkylation sites (N-methyl/N-ethyl adjacent to an activating group) is 1. The first-order valence-corrected chi connectivity index (χ1v) is 7.11. The summed E-state index contributed by atoms with van der Waals surface area (Å²) in [6.07, 6.45) is 0. The fourth-order valence-electron chi connectivity index (χ4n) is 1.56. The zero-order valence-electron chi connectivity index (χ0n) is 11.9. The molecule has 0 spiro atoms. The maximum Gasteiger partial charge on any atom is 0.248 e. The second-order valence-electron chi connectivity index (χ2n) is 4.39. The van der Waals surface area contributed by atoms with Gasteiger partial charge in [-0.05, 0) is 37.6 Å². The number of carbonyl (C=O) groups is 2. The molecule has 1 aromatic rings. The van der Waals surface area contributed by atoms with E-state index in [0.29, 0.717) is 6.61 Å². The molecule has 0 saturated heterocycles. The minimum atomic E-state index is -0.234. The van der Waals surface area contributed by atoms with Gasteiger partial charge in [-0.1, -0.05) is 15.9 Å². The summed E-state index contributed by atoms with van der Waals surface area (Å²) in [5, 5.41) is 2.78. The van der Waals surface area contributed by atoms with Crippen LogP contribution in [0.2, 0.25) is 0 Å². The number of nitrogens with one attached hydrogen (secondary N) is 1. The van der Waals surface area contributed by atoms with Crippen LogP contribution in [0.15, 0.2) is 22.7 Å². The summed E-state index contributed by atoms with van der Waals surface area (Å²) in [6, 6.07) is 5.59. The molecule has 0 fully saturated rings. The highest BCUT2D eigenvalue weighted by molar-refractivity contribution is 9.10. The van der Waals surface area contributed by atoms with E-state index in [1.807, 2.05) is 32.0 Å². The van der Waals surface area contributed by atoms with Gasteiger partial charge in [0.25, 0.3) is 0 Å². The Morgan fingerprint density at radius 1 is 1.40 bits per heavy atom. The minimum Gasteiger partial charge on any atom is -0.372 e. The van der Waals surface area contributed by atoms with Crippen molar-refractivity contribution in [3.8, 4) is 0 Å². The van der Waals surface area contributed by atoms with Crippen LogP contribution in [0.4, 0.5) is 5.69 Å². The number of carbonyl (C=O) groups excluding carboxylic acids is 2. The van der Waals surface area contributed by atoms with Gasteiger partial charge in [0.1, 0.15) is 6.61 Å². The number of hydrogen-bond acceptors (Lipinski definition) is 3. The summed E-state index contributed by atoms with van der Waals surface area (Å²) in [4.78, 5) is 24.8. The molecule has 0 aliphatic heterocycles. The Balaban J connectivity index is 2.52. The molecule has 0 radical (unpaired) electrons. The Morgan fingerprint density at radius 3 is 2.70 bits per heavy atom. The average Bonchev–Trinajstić information content (AvgIpc) is 2.39. The average molecular weight is 343 g/mol. The van der Waals surface area contributed by atoms with Crippen LogP contribution in [-0.2, 0) is 14.3 Å². The van der Waals surface area contributed by atoms with Crippen LogP contribution in [0.25, 0.3) is 0 Å². The molecule has 0 saturated carbocycles. The molecule has 0 bridgehead atoms. The molecule has 1 rings (SSSR count). The van der Waals surface area contributed by atoms with E-state index in [0.717, 1.165) is 15.7 Å². The number of aryl methyl sites for hydroxylation is 1. The highest BCUT2D eigenvalue weighted by Crippen LogP contribution is 2.19. The molecule has 0 unspecified atom stereocenters. The van der Waals surface area contributed by atoms with Crippen LogP contribution in [-0.4, -0.2) is 43.5 Å². The lowest BCUT2D eigenvalue weighted by Gasteiger charge is -2.17. The molecule has 0 aromatic heterocycles. The maximum atomic E-state index is 11.9. The van der Waals surface area contributed by atoms with Gasteiger partial charge in [-0.2, -0.15) is 0 Å². The van der Waals surface area contributed by atoms with E-state index in [4.69, 9.17) is 4.74 Å². The van der Waals surface area contributed by atoms with Crippen molar-refractivity contribution in [2.45, 2.75) is 13.8 Å². The van der Waals surface area contributed by atoms with E-state index in [1.165, 1.54) is 4.90 Å². The fraction of sp³-hybridized carbons (Fsp3) is 0.429. The zero-order valence-corrected chi connectivity index (χ0v) is 13.5. The van der Waals surface area contributed by atoms with Crippen molar-refractivity contribution in [1.29, 1.82) is 0 Å². The van der Waals surface area contributed by atoms with Gasteiger partial charge in [-0.25, -0.2) is 0 Å². The number of nitrogens with zero attached hydrogens (tertiary/aromatic N) is 1. The summed E-state index contributed by atoms with van der Waals surface area (Å²) in [6.45, 7) is 4.20. The molecule has 110 valence electrons. The Labute approximate surface area is 127 Å². The smallest absolute Gasteiger partial charge is 0.248 e. The van der Waals surface area contributed by atoms with Crippen LogP contribution in [0.1, 0.15) is 12.5 Å². The van der Waals surface area contributed by atoms with Gasteiger partial charge in [-0.3, -0.25) is 9.59 Å². The van der Waals surface area contributed by atoms with Gasteiger partial charge in [-0.15, -0.1) is 0 Å². The Morgan fingerprint density at radius 2 is 2.10 bits per heavy atom. The third-order valence-electron chi connectivity index (χ3n) is 2.70. The summed E-state index contributed by atoms with van der Waals surface area (Å²) in [7, 11) is 1.58. The summed E-state index contributed by atoms with van der Waals surface area (Å²) in [5.74, 6) is -0.447. The first kappa shape index (κ1) is 16.7. The van der Waals surface area contributed by atoms with Crippen molar-refractivity contribution in [2.24, 2.45) is 0 Å². The van der Waals surface area contributed by atoms with Gasteiger partial charge in [0.05, 0.1) is 6.54 Å². The maximum absolute atomic E-state index is 11.9. The molecule has 6 heteroatoms. The Bertz CT molecular complexity index is 491. The van der Waals surface area contributed by atoms with Gasteiger partial charge in [0.15, 0.2) is 0 Å². The van der Waals surface area contributed by atoms with Crippen molar-refractivity contribution in [3.63, 3.8) is 0 Å². The number of ether oxygens (including phenoxy) is 1. The van der Waals surface area contributed by atoms with Crippen LogP contribution in [0.3, 0.4) is 0 Å². The van der Waals surface area contributed by atoms with E-state index in [2.05, 4.69) is 21.2 Å². The third kappa shape index (κ3) is 5.30. The Kier molecular flexibility index (Phi) is 6.67. The van der Waals surface area contributed by atoms with Gasteiger partial charge in [0, 0.05) is 23.8 Å². The molecular formula is C14H19BrN2O3. The topological polar surface area (TPSA) is 58.6 Å². The highest BCUT2D eigenvalue weighted by atomic mass is 79.9. The molecule has 0 atom stereocenters. The fourth-order valence-corrected chi connectivity index (χ4v) is 2.04. The molecule has 0 heterocycles. The van der Waals surface area contributed by atoms with Gasteiger partial charge < -0.3 is 15.0 Å². The summed E-state index contributed by atoms with van der Waals surface area (Å²) in [5.41, 5.74) is 1.69. The zero-order chi connectivity index (χ0) is 15.1. The second kappa shape index (κ2) is 8.01. The lowest BCUT2D eigenvalue weighted by atomic mass is 10.2. The molecule has 5 nitrogen and oxygen atoms in total. The number of rotatable bonds is 6. The van der Waals surface area contributed by atoms with Gasteiger partial charge in [0.2, 0.25) is 11.8 Å². The van der Waals surface area contributed by atoms with Gasteiger partial charge >= 0.3 is 0 Å². The lowest BCUT2D eigenvalue weighted by Crippen LogP contribution is -2.37. The molecule has 1 N–H and O–H groups in total. The second-order valence-corrected chi connectivity index (χ2v) is 5.31. The van der Waals surface area contributed by atoms with Crippen molar-refractivity contribution >= 4 is 33.4 Å². The van der Waals surface area contributed by atoms with E-state index < -0.39 is 0 Å². The number of halogens is 1. The largest absolute Gasteiger partial charge is 0.372 e. The number of hydrogen-bond donors (Lipinski definition) is 1. The van der Waals surface area contributed by atoms with E-state index >= 15 is 0 Å². The van der Waals surface area contributed by atoms with Crippen molar-refractivity contribution < 1.29 is 14.3 Å². The third-order valence-corrected chi connectivity index (χ3v) is 3.19. The first-order chi connectivity index (χ1) is 9.43. The minimum absolute atomic E-state index is 0.00140. The number of benzene rings is 1. The summed E-state index contributed by atoms with van der Waals surface area (Å²) < 4.78 is 5.98. The van der Waals surface area contributed by atoms with Crippen molar-refractivity contribution in [1.82, 2.24) is 4.90 Å². The van der Waals surface area contributed by atoms with Crippen LogP contribution in [0.5, 0.6) is 0 Å². The first-order valence-electron chi connectivity index (χ1n) is 6.31. The molecule has 20 heavy (non-hydrogen) atoms. The van der Waals surface area contributed by atoms with Crippen LogP contribution >= 0.6 is 15.9 Å². The van der Waals surface area contributed by atoms with E-state index in [1.54, 1.807) is 7.05 Å². The summed E-state index contributed by atoms with van der Waals surface area (Å²) >= 11 is 3.37. The number of anilines is 1. The van der Waals surface area contributed by atoms with E-state index in [-0.39, 0.29) is 25.0 Å². The standard InChI is InChI=1S/C14H19BrN2O3/c1-4-20-9-14(19)17(3)8-13(18)16-12-6-5-11(15)7-10(12)2/h5-7H,4,8-9H2,1-3H3,(H,16,18).